The Bertz CT molecular complexity index is 563. The van der Waals surface area contributed by atoms with Gasteiger partial charge in [-0.25, -0.2) is 4.39 Å². The van der Waals surface area contributed by atoms with Crippen molar-refractivity contribution in [3.8, 4) is 0 Å². The standard InChI is InChI=1S/C14H15FN2O2/c1-9(2)7-14(19)17-6-5-13(18)16-11-8-10(15)3-4-12(11)17/h3-4,7-8H,5-6H2,1-2H3,(H,16,18). The maximum atomic E-state index is 13.2. The number of carbonyl (C=O) groups excluding carboxylic acids is 2. The van der Waals surface area contributed by atoms with Crippen LogP contribution in [0.15, 0.2) is 29.8 Å². The third-order valence-corrected chi connectivity index (χ3v) is 2.76. The van der Waals surface area contributed by atoms with Gasteiger partial charge in [-0.3, -0.25) is 9.59 Å². The lowest BCUT2D eigenvalue weighted by Gasteiger charge is -2.20. The summed E-state index contributed by atoms with van der Waals surface area (Å²) in [7, 11) is 0. The van der Waals surface area contributed by atoms with Crippen LogP contribution in [0.25, 0.3) is 0 Å². The lowest BCUT2D eigenvalue weighted by atomic mass is 10.2. The predicted octanol–water partition coefficient (Wildman–Crippen LogP) is 2.47. The van der Waals surface area contributed by atoms with Gasteiger partial charge in [-0.2, -0.15) is 0 Å². The van der Waals surface area contributed by atoms with Crippen LogP contribution in [0.1, 0.15) is 20.3 Å². The van der Waals surface area contributed by atoms with Crippen LogP contribution in [0, 0.1) is 5.82 Å². The number of fused-ring (bicyclic) bond motifs is 1. The van der Waals surface area contributed by atoms with E-state index in [1.165, 1.54) is 29.2 Å². The first-order valence-corrected chi connectivity index (χ1v) is 6.03. The van der Waals surface area contributed by atoms with Crippen molar-refractivity contribution in [2.75, 3.05) is 16.8 Å². The summed E-state index contributed by atoms with van der Waals surface area (Å²) < 4.78 is 13.2. The highest BCUT2D eigenvalue weighted by atomic mass is 19.1. The predicted molar refractivity (Wildman–Crippen MR) is 71.4 cm³/mol. The van der Waals surface area contributed by atoms with E-state index in [4.69, 9.17) is 0 Å². The zero-order valence-corrected chi connectivity index (χ0v) is 10.9. The fourth-order valence-corrected chi connectivity index (χ4v) is 1.94. The zero-order chi connectivity index (χ0) is 14.0. The molecule has 1 aliphatic heterocycles. The minimum atomic E-state index is -0.449. The number of allylic oxidation sites excluding steroid dienone is 1. The van der Waals surface area contributed by atoms with Crippen LogP contribution in [-0.2, 0) is 9.59 Å². The number of nitrogens with zero attached hydrogens (tertiary/aromatic N) is 1. The number of rotatable bonds is 1. The second-order valence-electron chi connectivity index (χ2n) is 4.67. The molecule has 0 radical (unpaired) electrons. The number of anilines is 2. The molecule has 1 N–H and O–H groups in total. The van der Waals surface area contributed by atoms with E-state index in [2.05, 4.69) is 5.32 Å². The van der Waals surface area contributed by atoms with Crippen molar-refractivity contribution in [3.63, 3.8) is 0 Å². The maximum Gasteiger partial charge on any atom is 0.250 e. The van der Waals surface area contributed by atoms with Crippen molar-refractivity contribution >= 4 is 23.2 Å². The van der Waals surface area contributed by atoms with Crippen molar-refractivity contribution < 1.29 is 14.0 Å². The largest absolute Gasteiger partial charge is 0.324 e. The number of benzene rings is 1. The molecular formula is C14H15FN2O2. The van der Waals surface area contributed by atoms with Gasteiger partial charge < -0.3 is 10.2 Å². The molecule has 4 nitrogen and oxygen atoms in total. The molecule has 0 fully saturated rings. The third-order valence-electron chi connectivity index (χ3n) is 2.76. The molecule has 0 bridgehead atoms. The van der Waals surface area contributed by atoms with Gasteiger partial charge in [-0.1, -0.05) is 5.57 Å². The molecule has 0 saturated carbocycles. The van der Waals surface area contributed by atoms with Crippen LogP contribution in [0.5, 0.6) is 0 Å². The Labute approximate surface area is 110 Å². The lowest BCUT2D eigenvalue weighted by Crippen LogP contribution is -2.30. The molecule has 0 atom stereocenters. The molecule has 0 aliphatic carbocycles. The van der Waals surface area contributed by atoms with Crippen LogP contribution >= 0.6 is 0 Å². The molecule has 1 aromatic carbocycles. The number of hydrogen-bond acceptors (Lipinski definition) is 2. The third kappa shape index (κ3) is 2.99. The minimum Gasteiger partial charge on any atom is -0.324 e. The van der Waals surface area contributed by atoms with Crippen molar-refractivity contribution in [3.05, 3.63) is 35.7 Å². The average Bonchev–Trinajstić information content (AvgIpc) is 2.45. The summed E-state index contributed by atoms with van der Waals surface area (Å²) in [5.41, 5.74) is 1.73. The fourth-order valence-electron chi connectivity index (χ4n) is 1.94. The molecular weight excluding hydrogens is 247 g/mol. The monoisotopic (exact) mass is 262 g/mol. The molecule has 1 aromatic rings. The maximum absolute atomic E-state index is 13.2. The summed E-state index contributed by atoms with van der Waals surface area (Å²) in [6.45, 7) is 3.93. The minimum absolute atomic E-state index is 0.193. The molecule has 0 unspecified atom stereocenters. The van der Waals surface area contributed by atoms with Gasteiger partial charge in [-0.15, -0.1) is 0 Å². The highest BCUT2D eigenvalue weighted by Crippen LogP contribution is 2.29. The van der Waals surface area contributed by atoms with E-state index in [1.54, 1.807) is 0 Å². The van der Waals surface area contributed by atoms with Crippen LogP contribution in [0.3, 0.4) is 0 Å². The van der Waals surface area contributed by atoms with Gasteiger partial charge in [0.15, 0.2) is 0 Å². The van der Waals surface area contributed by atoms with E-state index in [1.807, 2.05) is 13.8 Å². The van der Waals surface area contributed by atoms with Crippen LogP contribution in [0.2, 0.25) is 0 Å². The van der Waals surface area contributed by atoms with Crippen LogP contribution in [0.4, 0.5) is 15.8 Å². The van der Waals surface area contributed by atoms with Gasteiger partial charge >= 0.3 is 0 Å². The first kappa shape index (κ1) is 13.3. The second-order valence-corrected chi connectivity index (χ2v) is 4.67. The number of hydrogen-bond donors (Lipinski definition) is 1. The highest BCUT2D eigenvalue weighted by Gasteiger charge is 2.23. The first-order valence-electron chi connectivity index (χ1n) is 6.03. The van der Waals surface area contributed by atoms with E-state index in [0.29, 0.717) is 11.4 Å². The Morgan fingerprint density at radius 2 is 2.16 bits per heavy atom. The molecule has 2 amide bonds. The van der Waals surface area contributed by atoms with E-state index >= 15 is 0 Å². The summed E-state index contributed by atoms with van der Waals surface area (Å²) in [6.07, 6.45) is 1.70. The molecule has 0 spiro atoms. The van der Waals surface area contributed by atoms with E-state index in [0.717, 1.165) is 5.57 Å². The SMILES string of the molecule is CC(C)=CC(=O)N1CCC(=O)Nc2cc(F)ccc21. The Kier molecular flexibility index (Phi) is 3.64. The molecule has 100 valence electrons. The van der Waals surface area contributed by atoms with Gasteiger partial charge in [0, 0.05) is 19.0 Å². The summed E-state index contributed by atoms with van der Waals surface area (Å²) in [5.74, 6) is -0.876. The Morgan fingerprint density at radius 3 is 2.84 bits per heavy atom. The van der Waals surface area contributed by atoms with Gasteiger partial charge in [0.2, 0.25) is 5.91 Å². The topological polar surface area (TPSA) is 49.4 Å². The molecule has 5 heteroatoms. The van der Waals surface area contributed by atoms with Crippen molar-refractivity contribution in [1.82, 2.24) is 0 Å². The lowest BCUT2D eigenvalue weighted by molar-refractivity contribution is -0.116. The molecule has 19 heavy (non-hydrogen) atoms. The van der Waals surface area contributed by atoms with E-state index in [-0.39, 0.29) is 24.8 Å². The number of nitrogens with one attached hydrogen (secondary N) is 1. The summed E-state index contributed by atoms with van der Waals surface area (Å²) in [5, 5.41) is 2.61. The molecule has 1 aliphatic rings. The van der Waals surface area contributed by atoms with Crippen molar-refractivity contribution in [2.24, 2.45) is 0 Å². The number of amides is 2. The summed E-state index contributed by atoms with van der Waals surface area (Å²) in [6, 6.07) is 4.01. The fraction of sp³-hybridized carbons (Fsp3) is 0.286. The normalized spacial score (nSPS) is 14.3. The summed E-state index contributed by atoms with van der Waals surface area (Å²) in [4.78, 5) is 25.2. The molecule has 0 saturated heterocycles. The molecule has 1 heterocycles. The van der Waals surface area contributed by atoms with Gasteiger partial charge in [0.25, 0.3) is 5.91 Å². The zero-order valence-electron chi connectivity index (χ0n) is 10.9. The molecule has 2 rings (SSSR count). The van der Waals surface area contributed by atoms with E-state index in [9.17, 15) is 14.0 Å². The van der Waals surface area contributed by atoms with Crippen molar-refractivity contribution in [2.45, 2.75) is 20.3 Å². The highest BCUT2D eigenvalue weighted by molar-refractivity contribution is 6.07. The first-order chi connectivity index (χ1) is 8.97. The second kappa shape index (κ2) is 5.22. The van der Waals surface area contributed by atoms with Gasteiger partial charge in [-0.05, 0) is 32.0 Å². The van der Waals surface area contributed by atoms with Gasteiger partial charge in [0.05, 0.1) is 11.4 Å². The van der Waals surface area contributed by atoms with Crippen LogP contribution in [-0.4, -0.2) is 18.4 Å². The Morgan fingerprint density at radius 1 is 1.42 bits per heavy atom. The van der Waals surface area contributed by atoms with Crippen LogP contribution < -0.4 is 10.2 Å². The molecule has 0 aromatic heterocycles. The number of carbonyl (C=O) groups is 2. The van der Waals surface area contributed by atoms with Crippen molar-refractivity contribution in [1.29, 1.82) is 0 Å². The van der Waals surface area contributed by atoms with E-state index < -0.39 is 5.82 Å². The average molecular weight is 262 g/mol. The number of halogens is 1. The van der Waals surface area contributed by atoms with Gasteiger partial charge in [0.1, 0.15) is 5.82 Å². The Balaban J connectivity index is 2.44. The Hall–Kier alpha value is -2.17. The quantitative estimate of drug-likeness (QED) is 0.790. The summed E-state index contributed by atoms with van der Waals surface area (Å²) >= 11 is 0. The smallest absolute Gasteiger partial charge is 0.250 e.